The summed E-state index contributed by atoms with van der Waals surface area (Å²) in [6.07, 6.45) is 2.58. The average Bonchev–Trinajstić information content (AvgIpc) is 2.93. The van der Waals surface area contributed by atoms with E-state index < -0.39 is 8.30 Å². The van der Waals surface area contributed by atoms with E-state index >= 15 is 0 Å². The van der Waals surface area contributed by atoms with E-state index in [0.29, 0.717) is 6.04 Å². The summed E-state index contributed by atoms with van der Waals surface area (Å²) in [5.74, 6) is 0. The molecule has 0 saturated carbocycles. The highest BCUT2D eigenvalue weighted by molar-refractivity contribution is 7.52. The van der Waals surface area contributed by atoms with Gasteiger partial charge in [0.15, 0.2) is 0 Å². The van der Waals surface area contributed by atoms with Gasteiger partial charge in [0.05, 0.1) is 0 Å². The van der Waals surface area contributed by atoms with Crippen molar-refractivity contribution in [3.8, 4) is 0 Å². The van der Waals surface area contributed by atoms with Crippen LogP contribution >= 0.6 is 8.30 Å². The number of fused-ring (bicyclic) bond motifs is 1. The molecule has 0 aliphatic carbocycles. The molecule has 2 fully saturated rings. The van der Waals surface area contributed by atoms with E-state index in [4.69, 9.17) is 4.52 Å². The van der Waals surface area contributed by atoms with E-state index in [9.17, 15) is 0 Å². The molecular formula is C16H24NOP. The Balaban J connectivity index is 1.99. The summed E-state index contributed by atoms with van der Waals surface area (Å²) in [5, 5.41) is 0.227. The minimum Gasteiger partial charge on any atom is -0.331 e. The highest BCUT2D eigenvalue weighted by atomic mass is 31.2. The molecule has 1 unspecified atom stereocenters. The Hall–Kier alpha value is -0.430. The molecule has 2 aliphatic rings. The smallest absolute Gasteiger partial charge is 0.112 e. The normalized spacial score (nSPS) is 35.6. The van der Waals surface area contributed by atoms with E-state index in [0.717, 1.165) is 0 Å². The molecule has 3 rings (SSSR count). The molecule has 0 radical (unpaired) electrons. The van der Waals surface area contributed by atoms with Crippen molar-refractivity contribution in [2.45, 2.75) is 57.3 Å². The lowest BCUT2D eigenvalue weighted by molar-refractivity contribution is 0.0870. The van der Waals surface area contributed by atoms with Gasteiger partial charge in [-0.2, -0.15) is 0 Å². The minimum atomic E-state index is -0.505. The third kappa shape index (κ3) is 2.14. The van der Waals surface area contributed by atoms with Crippen LogP contribution in [-0.4, -0.2) is 22.4 Å². The van der Waals surface area contributed by atoms with Gasteiger partial charge in [-0.05, 0) is 25.3 Å². The maximum absolute atomic E-state index is 6.66. The minimum absolute atomic E-state index is 0.128. The van der Waals surface area contributed by atoms with Gasteiger partial charge in [0.25, 0.3) is 0 Å². The van der Waals surface area contributed by atoms with Crippen molar-refractivity contribution in [1.29, 1.82) is 0 Å². The Morgan fingerprint density at radius 3 is 2.58 bits per heavy atom. The van der Waals surface area contributed by atoms with Crippen molar-refractivity contribution in [2.24, 2.45) is 0 Å². The van der Waals surface area contributed by atoms with Gasteiger partial charge in [-0.3, -0.25) is 4.67 Å². The number of nitrogens with zero attached hydrogens (tertiary/aromatic N) is 1. The number of hydrogen-bond donors (Lipinski definition) is 0. The number of rotatable bonds is 1. The molecule has 1 aromatic carbocycles. The van der Waals surface area contributed by atoms with Crippen LogP contribution in [-0.2, 0) is 10.1 Å². The zero-order chi connectivity index (χ0) is 13.7. The fourth-order valence-corrected chi connectivity index (χ4v) is 6.01. The van der Waals surface area contributed by atoms with Crippen LogP contribution in [0.3, 0.4) is 0 Å². The van der Waals surface area contributed by atoms with E-state index in [1.807, 2.05) is 0 Å². The van der Waals surface area contributed by atoms with Crippen LogP contribution in [0.5, 0.6) is 0 Å². The first-order valence-electron chi connectivity index (χ1n) is 7.24. The fraction of sp³-hybridized carbons (Fsp3) is 0.625. The quantitative estimate of drug-likeness (QED) is 0.700. The van der Waals surface area contributed by atoms with E-state index in [1.54, 1.807) is 0 Å². The van der Waals surface area contributed by atoms with Gasteiger partial charge in [0, 0.05) is 17.7 Å². The topological polar surface area (TPSA) is 12.5 Å². The van der Waals surface area contributed by atoms with Gasteiger partial charge in [-0.1, -0.05) is 51.1 Å². The molecular weight excluding hydrogens is 253 g/mol. The molecule has 3 heteroatoms. The van der Waals surface area contributed by atoms with Crippen LogP contribution in [0, 0.1) is 0 Å². The summed E-state index contributed by atoms with van der Waals surface area (Å²) >= 11 is 0. The summed E-state index contributed by atoms with van der Waals surface area (Å²) in [5.41, 5.74) is 1.21. The van der Waals surface area contributed by atoms with E-state index in [2.05, 4.69) is 62.7 Å². The molecule has 0 aromatic heterocycles. The lowest BCUT2D eigenvalue weighted by atomic mass is 9.87. The summed E-state index contributed by atoms with van der Waals surface area (Å²) in [7, 11) is -0.505. The lowest BCUT2D eigenvalue weighted by Gasteiger charge is -2.32. The Bertz CT molecular complexity index is 456. The first-order valence-corrected chi connectivity index (χ1v) is 8.45. The standard InChI is InChI=1S/C16H24NOP/c1-15(2,3)19-17-12-8-11-14(17)16(4,18-19)13-9-6-5-7-10-13/h5-7,9-10,14H,8,11-12H2,1-4H3/t14-,16+,19?/m0/s1. The van der Waals surface area contributed by atoms with Gasteiger partial charge in [-0.25, -0.2) is 0 Å². The molecule has 0 bridgehead atoms. The van der Waals surface area contributed by atoms with Gasteiger partial charge < -0.3 is 4.52 Å². The second kappa shape index (κ2) is 4.55. The second-order valence-electron chi connectivity index (χ2n) is 6.83. The Morgan fingerprint density at radius 2 is 1.95 bits per heavy atom. The van der Waals surface area contributed by atoms with E-state index in [-0.39, 0.29) is 10.8 Å². The Morgan fingerprint density at radius 1 is 1.26 bits per heavy atom. The first-order chi connectivity index (χ1) is 8.93. The van der Waals surface area contributed by atoms with Crippen LogP contribution in [0.15, 0.2) is 30.3 Å². The molecule has 19 heavy (non-hydrogen) atoms. The van der Waals surface area contributed by atoms with E-state index in [1.165, 1.54) is 24.9 Å². The average molecular weight is 277 g/mol. The van der Waals surface area contributed by atoms with Crippen molar-refractivity contribution in [3.63, 3.8) is 0 Å². The first kappa shape index (κ1) is 13.5. The van der Waals surface area contributed by atoms with Crippen molar-refractivity contribution in [3.05, 3.63) is 35.9 Å². The predicted octanol–water partition coefficient (Wildman–Crippen LogP) is 4.51. The monoisotopic (exact) mass is 277 g/mol. The SMILES string of the molecule is CC(C)(C)P1O[C@](C)(c2ccccc2)[C@@H]2CCCN21. The second-order valence-corrected chi connectivity index (χ2v) is 9.41. The molecule has 3 atom stereocenters. The fourth-order valence-electron chi connectivity index (χ4n) is 3.36. The van der Waals surface area contributed by atoms with Crippen molar-refractivity contribution < 1.29 is 4.52 Å². The van der Waals surface area contributed by atoms with Crippen molar-refractivity contribution in [1.82, 2.24) is 4.67 Å². The zero-order valence-corrected chi connectivity index (χ0v) is 13.3. The maximum atomic E-state index is 6.66. The molecule has 104 valence electrons. The third-order valence-corrected chi connectivity index (χ3v) is 6.94. The molecule has 1 aromatic rings. The molecule has 2 heterocycles. The summed E-state index contributed by atoms with van der Waals surface area (Å²) < 4.78 is 9.31. The number of benzene rings is 1. The highest BCUT2D eigenvalue weighted by Gasteiger charge is 2.56. The van der Waals surface area contributed by atoms with Crippen molar-refractivity contribution in [2.75, 3.05) is 6.54 Å². The van der Waals surface area contributed by atoms with Crippen LogP contribution in [0.25, 0.3) is 0 Å². The predicted molar refractivity (Wildman–Crippen MR) is 81.3 cm³/mol. The summed E-state index contributed by atoms with van der Waals surface area (Å²) in [6.45, 7) is 10.4. The zero-order valence-electron chi connectivity index (χ0n) is 12.4. The molecule has 2 saturated heterocycles. The van der Waals surface area contributed by atoms with Crippen molar-refractivity contribution >= 4 is 8.30 Å². The Kier molecular flexibility index (Phi) is 3.24. The van der Waals surface area contributed by atoms with Crippen LogP contribution < -0.4 is 0 Å². The summed E-state index contributed by atoms with van der Waals surface area (Å²) in [6, 6.07) is 11.3. The van der Waals surface area contributed by atoms with Gasteiger partial charge in [-0.15, -0.1) is 0 Å². The highest BCUT2D eigenvalue weighted by Crippen LogP contribution is 2.67. The van der Waals surface area contributed by atoms with Crippen LogP contribution in [0.1, 0.15) is 46.1 Å². The maximum Gasteiger partial charge on any atom is 0.112 e. The molecule has 0 spiro atoms. The lowest BCUT2D eigenvalue weighted by Crippen LogP contribution is -2.36. The molecule has 2 nitrogen and oxygen atoms in total. The third-order valence-electron chi connectivity index (χ3n) is 4.29. The number of hydrogen-bond acceptors (Lipinski definition) is 2. The molecule has 2 aliphatic heterocycles. The van der Waals surface area contributed by atoms with Gasteiger partial charge >= 0.3 is 0 Å². The summed E-state index contributed by atoms with van der Waals surface area (Å²) in [4.78, 5) is 0. The molecule has 0 N–H and O–H groups in total. The van der Waals surface area contributed by atoms with Gasteiger partial charge in [0.2, 0.25) is 0 Å². The van der Waals surface area contributed by atoms with Crippen LogP contribution in [0.4, 0.5) is 0 Å². The molecule has 0 amide bonds. The van der Waals surface area contributed by atoms with Crippen LogP contribution in [0.2, 0.25) is 0 Å². The van der Waals surface area contributed by atoms with Gasteiger partial charge in [0.1, 0.15) is 13.9 Å². The Labute approximate surface area is 118 Å². The largest absolute Gasteiger partial charge is 0.331 e.